The molecule has 0 fully saturated rings. The van der Waals surface area contributed by atoms with Crippen LogP contribution in [0.4, 0.5) is 0 Å². The van der Waals surface area contributed by atoms with Gasteiger partial charge in [-0.25, -0.2) is 0 Å². The number of aryl methyl sites for hydroxylation is 4. The van der Waals surface area contributed by atoms with E-state index in [0.717, 1.165) is 17.1 Å². The van der Waals surface area contributed by atoms with Crippen LogP contribution in [0.5, 0.6) is 0 Å². The highest BCUT2D eigenvalue weighted by molar-refractivity contribution is 9.08. The molecule has 31 heavy (non-hydrogen) atoms. The summed E-state index contributed by atoms with van der Waals surface area (Å²) >= 11 is 7.68. The van der Waals surface area contributed by atoms with Crippen LogP contribution in [0.25, 0.3) is 0 Å². The first kappa shape index (κ1) is 24.3. The van der Waals surface area contributed by atoms with Gasteiger partial charge in [-0.15, -0.1) is 0 Å². The first-order valence-electron chi connectivity index (χ1n) is 11.3. The van der Waals surface area contributed by atoms with Crippen molar-refractivity contribution in [2.24, 2.45) is 0 Å². The van der Waals surface area contributed by atoms with Crippen molar-refractivity contribution in [1.29, 1.82) is 0 Å². The zero-order valence-corrected chi connectivity index (χ0v) is 22.7. The minimum Gasteiger partial charge on any atom is -0.0876 e. The Labute approximate surface area is 206 Å². The zero-order valence-electron chi connectivity index (χ0n) is 19.5. The highest BCUT2D eigenvalue weighted by atomic mass is 79.9. The first-order chi connectivity index (χ1) is 14.9. The SMILES string of the molecule is BCCCC(c1ccccc1)(c1c(C)cc(C)cc1CBr)c1c(C)cc(C)cc1CBr. The van der Waals surface area contributed by atoms with Gasteiger partial charge in [-0.1, -0.05) is 110 Å². The molecule has 0 N–H and O–H groups in total. The first-order valence-corrected chi connectivity index (χ1v) is 13.5. The number of hydrogen-bond donors (Lipinski definition) is 0. The van der Waals surface area contributed by atoms with Crippen molar-refractivity contribution in [3.8, 4) is 0 Å². The van der Waals surface area contributed by atoms with Crippen LogP contribution in [0.15, 0.2) is 54.6 Å². The van der Waals surface area contributed by atoms with Gasteiger partial charge in [0.05, 0.1) is 0 Å². The fourth-order valence-corrected chi connectivity index (χ4v) is 6.40. The summed E-state index contributed by atoms with van der Waals surface area (Å²) in [6.07, 6.45) is 3.46. The predicted octanol–water partition coefficient (Wildman–Crippen LogP) is 7.88. The van der Waals surface area contributed by atoms with E-state index in [4.69, 9.17) is 0 Å². The van der Waals surface area contributed by atoms with Gasteiger partial charge in [-0.05, 0) is 73.1 Å². The second kappa shape index (κ2) is 10.5. The summed E-state index contributed by atoms with van der Waals surface area (Å²) in [6, 6.07) is 20.7. The van der Waals surface area contributed by atoms with Gasteiger partial charge in [0.15, 0.2) is 0 Å². The molecule has 3 aromatic carbocycles. The maximum atomic E-state index is 3.84. The van der Waals surface area contributed by atoms with Crippen molar-refractivity contribution in [3.05, 3.63) is 105 Å². The van der Waals surface area contributed by atoms with E-state index in [9.17, 15) is 0 Å². The molecule has 0 unspecified atom stereocenters. The number of hydrogen-bond acceptors (Lipinski definition) is 0. The second-order valence-electron chi connectivity index (χ2n) is 8.87. The Balaban J connectivity index is 2.55. The van der Waals surface area contributed by atoms with Crippen LogP contribution in [0.3, 0.4) is 0 Å². The zero-order chi connectivity index (χ0) is 22.6. The average molecular weight is 540 g/mol. The van der Waals surface area contributed by atoms with Crippen molar-refractivity contribution in [2.75, 3.05) is 0 Å². The lowest BCUT2D eigenvalue weighted by Crippen LogP contribution is -2.34. The summed E-state index contributed by atoms with van der Waals surface area (Å²) in [5.74, 6) is 0. The maximum absolute atomic E-state index is 3.84. The quantitative estimate of drug-likeness (QED) is 0.155. The summed E-state index contributed by atoms with van der Waals surface area (Å²) in [7, 11) is 2.30. The van der Waals surface area contributed by atoms with Crippen molar-refractivity contribution in [3.63, 3.8) is 0 Å². The molecule has 3 rings (SSSR count). The van der Waals surface area contributed by atoms with Crippen LogP contribution in [0.1, 0.15) is 62.9 Å². The van der Waals surface area contributed by atoms with Gasteiger partial charge in [-0.2, -0.15) is 0 Å². The molecule has 3 aromatic rings. The molecule has 0 aromatic heterocycles. The summed E-state index contributed by atoms with van der Waals surface area (Å²) in [5, 5.41) is 1.72. The molecule has 0 nitrogen and oxygen atoms in total. The summed E-state index contributed by atoms with van der Waals surface area (Å²) < 4.78 is 0. The summed E-state index contributed by atoms with van der Waals surface area (Å²) in [5.41, 5.74) is 12.4. The minimum absolute atomic E-state index is 0.182. The summed E-state index contributed by atoms with van der Waals surface area (Å²) in [6.45, 7) is 9.02. The van der Waals surface area contributed by atoms with E-state index in [-0.39, 0.29) is 5.41 Å². The third-order valence-electron chi connectivity index (χ3n) is 6.44. The fraction of sp³-hybridized carbons (Fsp3) is 0.357. The molecule has 0 aliphatic rings. The lowest BCUT2D eigenvalue weighted by atomic mass is 9.61. The van der Waals surface area contributed by atoms with E-state index in [0.29, 0.717) is 0 Å². The van der Waals surface area contributed by atoms with Crippen molar-refractivity contribution in [2.45, 2.75) is 62.9 Å². The molecule has 0 radical (unpaired) electrons. The Hall–Kier alpha value is -1.32. The van der Waals surface area contributed by atoms with Gasteiger partial charge in [0, 0.05) is 16.1 Å². The number of rotatable bonds is 8. The molecule has 0 amide bonds. The molecule has 0 aliphatic heterocycles. The number of benzene rings is 3. The molecule has 0 heterocycles. The Kier molecular flexibility index (Phi) is 8.27. The van der Waals surface area contributed by atoms with E-state index < -0.39 is 0 Å². The Morgan fingerprint density at radius 1 is 0.742 bits per heavy atom. The van der Waals surface area contributed by atoms with Gasteiger partial charge >= 0.3 is 0 Å². The molecular formula is C28H33BBr2. The van der Waals surface area contributed by atoms with Crippen LogP contribution >= 0.6 is 31.9 Å². The van der Waals surface area contributed by atoms with Gasteiger partial charge in [0.2, 0.25) is 0 Å². The van der Waals surface area contributed by atoms with Crippen LogP contribution in [-0.4, -0.2) is 7.85 Å². The smallest absolute Gasteiger partial charge is 0.0876 e. The molecule has 0 spiro atoms. The van der Waals surface area contributed by atoms with Crippen molar-refractivity contribution >= 4 is 39.7 Å². The third kappa shape index (κ3) is 4.73. The highest BCUT2D eigenvalue weighted by Gasteiger charge is 2.41. The lowest BCUT2D eigenvalue weighted by Gasteiger charge is -2.41. The van der Waals surface area contributed by atoms with Crippen molar-refractivity contribution < 1.29 is 0 Å². The number of halogens is 2. The summed E-state index contributed by atoms with van der Waals surface area (Å²) in [4.78, 5) is 0. The highest BCUT2D eigenvalue weighted by Crippen LogP contribution is 2.49. The normalized spacial score (nSPS) is 11.7. The Morgan fingerprint density at radius 2 is 1.23 bits per heavy atom. The third-order valence-corrected chi connectivity index (χ3v) is 7.64. The molecule has 0 saturated carbocycles. The lowest BCUT2D eigenvalue weighted by molar-refractivity contribution is 0.537. The molecule has 0 aliphatic carbocycles. The maximum Gasteiger partial charge on any atom is 0.101 e. The van der Waals surface area contributed by atoms with E-state index in [1.165, 1.54) is 62.8 Å². The van der Waals surface area contributed by atoms with E-state index in [1.807, 2.05) is 0 Å². The Morgan fingerprint density at radius 3 is 1.65 bits per heavy atom. The molecule has 3 heteroatoms. The minimum atomic E-state index is -0.182. The predicted molar refractivity (Wildman–Crippen MR) is 146 cm³/mol. The van der Waals surface area contributed by atoms with Crippen LogP contribution < -0.4 is 0 Å². The number of alkyl halides is 2. The van der Waals surface area contributed by atoms with Crippen LogP contribution in [-0.2, 0) is 16.1 Å². The fourth-order valence-electron chi connectivity index (χ4n) is 5.52. The topological polar surface area (TPSA) is 0 Å². The van der Waals surface area contributed by atoms with E-state index >= 15 is 0 Å². The van der Waals surface area contributed by atoms with Gasteiger partial charge < -0.3 is 0 Å². The van der Waals surface area contributed by atoms with E-state index in [1.54, 1.807) is 0 Å². The molecule has 0 bridgehead atoms. The van der Waals surface area contributed by atoms with Crippen molar-refractivity contribution in [1.82, 2.24) is 0 Å². The van der Waals surface area contributed by atoms with Crippen LogP contribution in [0, 0.1) is 27.7 Å². The molecule has 162 valence electrons. The molecule has 0 saturated heterocycles. The largest absolute Gasteiger partial charge is 0.101 e. The Bertz CT molecular complexity index is 981. The monoisotopic (exact) mass is 538 g/mol. The molecule has 0 atom stereocenters. The molecular weight excluding hydrogens is 507 g/mol. The van der Waals surface area contributed by atoms with Crippen LogP contribution in [0.2, 0.25) is 6.32 Å². The standard InChI is InChI=1S/C28H33BBr2/c1-19-13-21(3)26(23(15-19)17-30)28(11-8-12-29,25-9-6-5-7-10-25)27-22(4)14-20(2)16-24(27)18-31/h5-7,9-10,13-16H,8,11-12,17-18,29H2,1-4H3. The van der Waals surface area contributed by atoms with Gasteiger partial charge in [-0.3, -0.25) is 0 Å². The van der Waals surface area contributed by atoms with Gasteiger partial charge in [0.1, 0.15) is 7.85 Å². The van der Waals surface area contributed by atoms with E-state index in [2.05, 4.69) is 122 Å². The second-order valence-corrected chi connectivity index (χ2v) is 10.00. The van der Waals surface area contributed by atoms with Gasteiger partial charge in [0.25, 0.3) is 0 Å². The average Bonchev–Trinajstić information content (AvgIpc) is 2.75.